The first-order valence-corrected chi connectivity index (χ1v) is 8.68. The summed E-state index contributed by atoms with van der Waals surface area (Å²) in [7, 11) is 0. The second-order valence-corrected chi connectivity index (χ2v) is 6.93. The van der Waals surface area contributed by atoms with Crippen molar-refractivity contribution in [1.82, 2.24) is 4.98 Å². The van der Waals surface area contributed by atoms with Crippen LogP contribution in [0.3, 0.4) is 0 Å². The number of rotatable bonds is 5. The maximum absolute atomic E-state index is 6.29. The normalized spacial score (nSPS) is 12.7. The third-order valence-corrected chi connectivity index (χ3v) is 4.93. The van der Waals surface area contributed by atoms with Crippen molar-refractivity contribution < 1.29 is 4.74 Å². The van der Waals surface area contributed by atoms with Gasteiger partial charge in [-0.05, 0) is 43.0 Å². The van der Waals surface area contributed by atoms with E-state index in [0.717, 1.165) is 32.6 Å². The van der Waals surface area contributed by atoms with E-state index in [-0.39, 0.29) is 6.10 Å². The first kappa shape index (κ1) is 16.6. The summed E-state index contributed by atoms with van der Waals surface area (Å²) in [5.41, 5.74) is 3.03. The van der Waals surface area contributed by atoms with Crippen LogP contribution < -0.4 is 4.74 Å². The average molecular weight is 344 g/mol. The summed E-state index contributed by atoms with van der Waals surface area (Å²) in [4.78, 5) is 4.47. The molecule has 0 radical (unpaired) electrons. The van der Waals surface area contributed by atoms with Gasteiger partial charge in [-0.25, -0.2) is 4.98 Å². The van der Waals surface area contributed by atoms with Crippen LogP contribution >= 0.6 is 34.5 Å². The third-order valence-electron chi connectivity index (χ3n) is 3.27. The Kier molecular flexibility index (Phi) is 5.53. The van der Waals surface area contributed by atoms with E-state index < -0.39 is 0 Å². The minimum atomic E-state index is -0.105. The molecule has 1 heterocycles. The fourth-order valence-electron chi connectivity index (χ4n) is 2.05. The zero-order valence-corrected chi connectivity index (χ0v) is 14.9. The molecule has 2 rings (SSSR count). The molecule has 114 valence electrons. The molecule has 21 heavy (non-hydrogen) atoms. The molecule has 5 heteroatoms. The molecule has 0 N–H and O–H groups in total. The summed E-state index contributed by atoms with van der Waals surface area (Å²) < 4.78 is 6.08. The number of alkyl halides is 1. The molecule has 1 aromatic carbocycles. The largest absolute Gasteiger partial charge is 0.483 e. The van der Waals surface area contributed by atoms with Crippen molar-refractivity contribution in [2.45, 2.75) is 45.6 Å². The van der Waals surface area contributed by atoms with E-state index in [9.17, 15) is 0 Å². The molecule has 1 unspecified atom stereocenters. The number of hydrogen-bond acceptors (Lipinski definition) is 3. The molecule has 0 fully saturated rings. The van der Waals surface area contributed by atoms with Gasteiger partial charge in [-0.1, -0.05) is 25.4 Å². The smallest absolute Gasteiger partial charge is 0.147 e. The maximum atomic E-state index is 6.29. The second kappa shape index (κ2) is 6.99. The summed E-state index contributed by atoms with van der Waals surface area (Å²) >= 11 is 13.7. The summed E-state index contributed by atoms with van der Waals surface area (Å²) in [6, 6.07) is 4.00. The molecule has 0 saturated carbocycles. The number of hydrogen-bond donors (Lipinski definition) is 0. The third kappa shape index (κ3) is 3.91. The molecule has 0 aliphatic heterocycles. The Morgan fingerprint density at radius 2 is 2.00 bits per heavy atom. The van der Waals surface area contributed by atoms with Gasteiger partial charge in [-0.2, -0.15) is 0 Å². The molecule has 2 aromatic rings. The predicted octanol–water partition coefficient (Wildman–Crippen LogP) is 6.11. The molecule has 0 bridgehead atoms. The SMILES string of the molecule is Cc1cc(Cl)c(C(C)C)cc1OC(C)c1nc(CCl)cs1. The van der Waals surface area contributed by atoms with Crippen molar-refractivity contribution in [2.75, 3.05) is 0 Å². The van der Waals surface area contributed by atoms with Crippen LogP contribution in [0.25, 0.3) is 0 Å². The highest BCUT2D eigenvalue weighted by molar-refractivity contribution is 7.09. The van der Waals surface area contributed by atoms with Crippen LogP contribution in [0.15, 0.2) is 17.5 Å². The molecule has 2 nitrogen and oxygen atoms in total. The summed E-state index contributed by atoms with van der Waals surface area (Å²) in [5, 5.41) is 3.70. The van der Waals surface area contributed by atoms with Gasteiger partial charge in [0.1, 0.15) is 16.9 Å². The molecular weight excluding hydrogens is 325 g/mol. The Morgan fingerprint density at radius 3 is 2.57 bits per heavy atom. The van der Waals surface area contributed by atoms with Crippen LogP contribution in [-0.4, -0.2) is 4.98 Å². The fraction of sp³-hybridized carbons (Fsp3) is 0.438. The van der Waals surface area contributed by atoms with E-state index in [1.54, 1.807) is 11.3 Å². The van der Waals surface area contributed by atoms with Crippen molar-refractivity contribution in [2.24, 2.45) is 0 Å². The van der Waals surface area contributed by atoms with E-state index in [2.05, 4.69) is 18.8 Å². The Hall–Kier alpha value is -0.770. The van der Waals surface area contributed by atoms with Crippen molar-refractivity contribution in [3.63, 3.8) is 0 Å². The lowest BCUT2D eigenvalue weighted by Crippen LogP contribution is -2.05. The zero-order chi connectivity index (χ0) is 15.6. The second-order valence-electron chi connectivity index (χ2n) is 5.36. The minimum absolute atomic E-state index is 0.105. The van der Waals surface area contributed by atoms with Gasteiger partial charge in [-0.15, -0.1) is 22.9 Å². The van der Waals surface area contributed by atoms with Crippen LogP contribution in [0.5, 0.6) is 5.75 Å². The molecule has 0 saturated heterocycles. The highest BCUT2D eigenvalue weighted by Crippen LogP contribution is 2.34. The molecule has 0 aliphatic rings. The lowest BCUT2D eigenvalue weighted by Gasteiger charge is -2.17. The Balaban J connectivity index is 2.24. The van der Waals surface area contributed by atoms with Gasteiger partial charge in [0.2, 0.25) is 0 Å². The van der Waals surface area contributed by atoms with Crippen molar-refractivity contribution in [3.05, 3.63) is 44.4 Å². The monoisotopic (exact) mass is 343 g/mol. The summed E-state index contributed by atoms with van der Waals surface area (Å²) in [6.07, 6.45) is -0.105. The van der Waals surface area contributed by atoms with Gasteiger partial charge in [0.25, 0.3) is 0 Å². The molecule has 1 atom stereocenters. The number of aryl methyl sites for hydroxylation is 1. The molecule has 0 amide bonds. The van der Waals surface area contributed by atoms with Gasteiger partial charge >= 0.3 is 0 Å². The van der Waals surface area contributed by atoms with E-state index in [0.29, 0.717) is 11.8 Å². The first-order chi connectivity index (χ1) is 9.92. The highest BCUT2D eigenvalue weighted by atomic mass is 35.5. The van der Waals surface area contributed by atoms with Gasteiger partial charge in [0.15, 0.2) is 0 Å². The quantitative estimate of drug-likeness (QED) is 0.611. The molecule has 0 aliphatic carbocycles. The first-order valence-electron chi connectivity index (χ1n) is 6.89. The van der Waals surface area contributed by atoms with E-state index in [1.165, 1.54) is 0 Å². The van der Waals surface area contributed by atoms with Crippen LogP contribution in [0.4, 0.5) is 0 Å². The highest BCUT2D eigenvalue weighted by Gasteiger charge is 2.15. The van der Waals surface area contributed by atoms with Crippen LogP contribution in [0.1, 0.15) is 54.6 Å². The summed E-state index contributed by atoms with van der Waals surface area (Å²) in [6.45, 7) is 8.25. The van der Waals surface area contributed by atoms with Gasteiger partial charge in [0, 0.05) is 10.4 Å². The van der Waals surface area contributed by atoms with Crippen molar-refractivity contribution in [1.29, 1.82) is 0 Å². The minimum Gasteiger partial charge on any atom is -0.483 e. The van der Waals surface area contributed by atoms with E-state index in [1.807, 2.05) is 31.4 Å². The lowest BCUT2D eigenvalue weighted by molar-refractivity contribution is 0.224. The topological polar surface area (TPSA) is 22.1 Å². The average Bonchev–Trinajstić information content (AvgIpc) is 2.90. The van der Waals surface area contributed by atoms with E-state index >= 15 is 0 Å². The van der Waals surface area contributed by atoms with Crippen LogP contribution in [0.2, 0.25) is 5.02 Å². The number of thiazole rings is 1. The van der Waals surface area contributed by atoms with Crippen LogP contribution in [-0.2, 0) is 5.88 Å². The molecule has 0 spiro atoms. The maximum Gasteiger partial charge on any atom is 0.147 e. The number of ether oxygens (including phenoxy) is 1. The van der Waals surface area contributed by atoms with Gasteiger partial charge in [-0.3, -0.25) is 0 Å². The number of nitrogens with zero attached hydrogens (tertiary/aromatic N) is 1. The molecule has 1 aromatic heterocycles. The van der Waals surface area contributed by atoms with Crippen molar-refractivity contribution in [3.8, 4) is 5.75 Å². The lowest BCUT2D eigenvalue weighted by atomic mass is 10.0. The fourth-order valence-corrected chi connectivity index (χ4v) is 3.52. The van der Waals surface area contributed by atoms with Crippen molar-refractivity contribution >= 4 is 34.5 Å². The molecular formula is C16H19Cl2NOS. The Labute approximate surface area is 140 Å². The summed E-state index contributed by atoms with van der Waals surface area (Å²) in [5.74, 6) is 1.65. The predicted molar refractivity (Wildman–Crippen MR) is 91.0 cm³/mol. The Bertz CT molecular complexity index is 625. The Morgan fingerprint density at radius 1 is 1.29 bits per heavy atom. The van der Waals surface area contributed by atoms with E-state index in [4.69, 9.17) is 27.9 Å². The van der Waals surface area contributed by atoms with Crippen LogP contribution in [0, 0.1) is 6.92 Å². The van der Waals surface area contributed by atoms with Gasteiger partial charge < -0.3 is 4.74 Å². The van der Waals surface area contributed by atoms with Gasteiger partial charge in [0.05, 0.1) is 11.6 Å². The number of aromatic nitrogens is 1. The zero-order valence-electron chi connectivity index (χ0n) is 12.6. The standard InChI is InChI=1S/C16H19Cl2NOS/c1-9(2)13-6-15(10(3)5-14(13)18)20-11(4)16-19-12(7-17)8-21-16/h5-6,8-9,11H,7H2,1-4H3. The number of benzene rings is 1. The number of halogens is 2.